The van der Waals surface area contributed by atoms with Gasteiger partial charge < -0.3 is 45.1 Å². The number of H-pyrrole nitrogens is 1. The first-order valence-electron chi connectivity index (χ1n) is 9.48. The van der Waals surface area contributed by atoms with Gasteiger partial charge in [-0.15, -0.1) is 0 Å². The van der Waals surface area contributed by atoms with Gasteiger partial charge in [0, 0.05) is 19.2 Å². The number of ether oxygens (including phenoxy) is 3. The van der Waals surface area contributed by atoms with Crippen LogP contribution in [0.4, 0.5) is 0 Å². The van der Waals surface area contributed by atoms with Crippen LogP contribution in [-0.4, -0.2) is 103 Å². The highest BCUT2D eigenvalue weighted by Crippen LogP contribution is 2.29. The third-order valence-electron chi connectivity index (χ3n) is 5.14. The number of nitrogens with zero attached hydrogens (tertiary/aromatic N) is 1. The zero-order valence-corrected chi connectivity index (χ0v) is 16.4. The summed E-state index contributed by atoms with van der Waals surface area (Å²) in [5, 5.41) is 52.8. The van der Waals surface area contributed by atoms with Crippen molar-refractivity contribution in [3.8, 4) is 0 Å². The molecule has 0 aliphatic carbocycles. The van der Waals surface area contributed by atoms with E-state index < -0.39 is 85.6 Å². The van der Waals surface area contributed by atoms with E-state index in [9.17, 15) is 39.9 Å². The maximum atomic E-state index is 11.9. The third-order valence-corrected chi connectivity index (χ3v) is 5.14. The Labute approximate surface area is 174 Å². The standard InChI is InChI=1S/C17H25N3O11/c1-6(22)18-10-7(4-21)31-16(14(27)12(10)25)29-5-8-11(24)13(26)15(30-8)20-3-2-9(23)19-17(20)28/h2-3,7-8,10-16,21,24-27H,4-5H2,1H3,(H,18,22)(H,19,23,28)/t7-,8+,10-,11?,12+,13?,14-,15+,16-/m1/s1. The molecule has 1 aromatic rings. The monoisotopic (exact) mass is 447 g/mol. The Bertz CT molecular complexity index is 887. The molecule has 31 heavy (non-hydrogen) atoms. The zero-order valence-electron chi connectivity index (χ0n) is 16.4. The van der Waals surface area contributed by atoms with Gasteiger partial charge in [-0.2, -0.15) is 0 Å². The largest absolute Gasteiger partial charge is 0.394 e. The topological polar surface area (TPSA) is 213 Å². The first kappa shape index (κ1) is 23.5. The van der Waals surface area contributed by atoms with Crippen molar-refractivity contribution in [1.29, 1.82) is 0 Å². The average Bonchev–Trinajstić information content (AvgIpc) is 2.99. The molecule has 7 N–H and O–H groups in total. The molecule has 2 aliphatic rings. The van der Waals surface area contributed by atoms with E-state index in [0.29, 0.717) is 0 Å². The average molecular weight is 447 g/mol. The van der Waals surface area contributed by atoms with E-state index in [1.54, 1.807) is 0 Å². The van der Waals surface area contributed by atoms with Crippen molar-refractivity contribution in [2.75, 3.05) is 13.2 Å². The molecule has 0 spiro atoms. The molecule has 0 saturated carbocycles. The van der Waals surface area contributed by atoms with E-state index in [2.05, 4.69) is 5.32 Å². The number of aromatic amines is 1. The van der Waals surface area contributed by atoms with Crippen molar-refractivity contribution >= 4 is 5.91 Å². The van der Waals surface area contributed by atoms with Gasteiger partial charge in [-0.3, -0.25) is 19.1 Å². The minimum absolute atomic E-state index is 0.426. The summed E-state index contributed by atoms with van der Waals surface area (Å²) < 4.78 is 17.2. The number of aromatic nitrogens is 2. The van der Waals surface area contributed by atoms with Crippen LogP contribution in [-0.2, 0) is 19.0 Å². The number of hydrogen-bond donors (Lipinski definition) is 7. The second-order valence-corrected chi connectivity index (χ2v) is 7.33. The fraction of sp³-hybridized carbons (Fsp3) is 0.706. The summed E-state index contributed by atoms with van der Waals surface area (Å²) in [5.41, 5.74) is -1.50. The van der Waals surface area contributed by atoms with Gasteiger partial charge in [0.1, 0.15) is 36.6 Å². The Morgan fingerprint density at radius 2 is 1.84 bits per heavy atom. The summed E-state index contributed by atoms with van der Waals surface area (Å²) in [7, 11) is 0. The fourth-order valence-electron chi connectivity index (χ4n) is 3.55. The van der Waals surface area contributed by atoms with Crippen LogP contribution >= 0.6 is 0 Å². The Kier molecular flexibility index (Phi) is 7.23. The van der Waals surface area contributed by atoms with Crippen LogP contribution in [0.15, 0.2) is 21.9 Å². The van der Waals surface area contributed by atoms with E-state index in [1.807, 2.05) is 4.98 Å². The first-order chi connectivity index (χ1) is 14.6. The highest BCUT2D eigenvalue weighted by molar-refractivity contribution is 5.73. The molecule has 2 unspecified atom stereocenters. The van der Waals surface area contributed by atoms with Crippen LogP contribution in [0.5, 0.6) is 0 Å². The fourth-order valence-corrected chi connectivity index (χ4v) is 3.55. The molecule has 1 amide bonds. The van der Waals surface area contributed by atoms with Crippen LogP contribution in [0, 0.1) is 0 Å². The number of aliphatic hydroxyl groups is 5. The predicted octanol–water partition coefficient (Wildman–Crippen LogP) is -4.88. The minimum atomic E-state index is -1.61. The number of carbonyl (C=O) groups excluding carboxylic acids is 1. The first-order valence-corrected chi connectivity index (χ1v) is 9.48. The normalized spacial score (nSPS) is 38.2. The number of carbonyl (C=O) groups is 1. The number of rotatable bonds is 6. The lowest BCUT2D eigenvalue weighted by Gasteiger charge is -2.42. The molecule has 14 nitrogen and oxygen atoms in total. The van der Waals surface area contributed by atoms with Gasteiger partial charge in [-0.05, 0) is 0 Å². The number of aliphatic hydroxyl groups excluding tert-OH is 5. The van der Waals surface area contributed by atoms with Crippen LogP contribution in [0.25, 0.3) is 0 Å². The maximum absolute atomic E-state index is 11.9. The molecule has 3 heterocycles. The zero-order chi connectivity index (χ0) is 22.9. The molecule has 2 saturated heterocycles. The molecule has 0 bridgehead atoms. The summed E-state index contributed by atoms with van der Waals surface area (Å²) >= 11 is 0. The second kappa shape index (κ2) is 9.54. The van der Waals surface area contributed by atoms with Gasteiger partial charge in [-0.1, -0.05) is 0 Å². The minimum Gasteiger partial charge on any atom is -0.394 e. The number of hydrogen-bond acceptors (Lipinski definition) is 11. The highest BCUT2D eigenvalue weighted by atomic mass is 16.7. The molecule has 0 aromatic carbocycles. The van der Waals surface area contributed by atoms with Crippen LogP contribution in [0.2, 0.25) is 0 Å². The highest BCUT2D eigenvalue weighted by Gasteiger charge is 2.48. The molecular formula is C17H25N3O11. The second-order valence-electron chi connectivity index (χ2n) is 7.33. The Morgan fingerprint density at radius 3 is 2.45 bits per heavy atom. The van der Waals surface area contributed by atoms with Gasteiger partial charge in [0.25, 0.3) is 5.56 Å². The molecule has 9 atom stereocenters. The lowest BCUT2D eigenvalue weighted by Crippen LogP contribution is -2.64. The molecule has 174 valence electrons. The van der Waals surface area contributed by atoms with Gasteiger partial charge in [0.15, 0.2) is 12.5 Å². The summed E-state index contributed by atoms with van der Waals surface area (Å²) in [4.78, 5) is 36.4. The smallest absolute Gasteiger partial charge is 0.330 e. The summed E-state index contributed by atoms with van der Waals surface area (Å²) in [6.45, 7) is 0.182. The van der Waals surface area contributed by atoms with Crippen LogP contribution < -0.4 is 16.6 Å². The van der Waals surface area contributed by atoms with Crippen molar-refractivity contribution in [1.82, 2.24) is 14.9 Å². The molecule has 2 aliphatic heterocycles. The SMILES string of the molecule is CC(=O)N[C@H]1[C@H](O)[C@@H](O)[C@H](OC[C@@H]2O[C@H](n3ccc(=O)[nH]c3=O)C(O)C2O)O[C@@H]1CO. The van der Waals surface area contributed by atoms with Gasteiger partial charge in [-0.25, -0.2) is 4.79 Å². The molecular weight excluding hydrogens is 422 g/mol. The Hall–Kier alpha value is -2.17. The molecule has 2 fully saturated rings. The van der Waals surface area contributed by atoms with Gasteiger partial charge in [0.05, 0.1) is 19.3 Å². The van der Waals surface area contributed by atoms with Crippen molar-refractivity contribution in [2.24, 2.45) is 0 Å². The van der Waals surface area contributed by atoms with Crippen molar-refractivity contribution in [3.05, 3.63) is 33.1 Å². The molecule has 14 heteroatoms. The van der Waals surface area contributed by atoms with Crippen molar-refractivity contribution < 1.29 is 44.5 Å². The van der Waals surface area contributed by atoms with E-state index in [1.165, 1.54) is 6.92 Å². The van der Waals surface area contributed by atoms with Gasteiger partial charge in [0.2, 0.25) is 5.91 Å². The predicted molar refractivity (Wildman–Crippen MR) is 98.6 cm³/mol. The van der Waals surface area contributed by atoms with Crippen molar-refractivity contribution in [2.45, 2.75) is 62.1 Å². The van der Waals surface area contributed by atoms with Gasteiger partial charge >= 0.3 is 5.69 Å². The van der Waals surface area contributed by atoms with E-state index >= 15 is 0 Å². The maximum Gasteiger partial charge on any atom is 0.330 e. The van der Waals surface area contributed by atoms with E-state index in [4.69, 9.17) is 14.2 Å². The van der Waals surface area contributed by atoms with Crippen molar-refractivity contribution in [3.63, 3.8) is 0 Å². The summed E-state index contributed by atoms with van der Waals surface area (Å²) in [6.07, 6.45) is -10.1. The lowest BCUT2D eigenvalue weighted by molar-refractivity contribution is -0.286. The quantitative estimate of drug-likeness (QED) is 0.219. The van der Waals surface area contributed by atoms with E-state index in [0.717, 1.165) is 16.8 Å². The lowest BCUT2D eigenvalue weighted by atomic mass is 9.96. The van der Waals surface area contributed by atoms with Crippen LogP contribution in [0.1, 0.15) is 13.2 Å². The molecule has 3 rings (SSSR count). The number of nitrogens with one attached hydrogen (secondary N) is 2. The van der Waals surface area contributed by atoms with Crippen LogP contribution in [0.3, 0.4) is 0 Å². The third kappa shape index (κ3) is 4.86. The number of amides is 1. The summed E-state index contributed by atoms with van der Waals surface area (Å²) in [6, 6.07) is -0.0362. The molecule has 0 radical (unpaired) electrons. The Morgan fingerprint density at radius 1 is 1.13 bits per heavy atom. The van der Waals surface area contributed by atoms with E-state index in [-0.39, 0.29) is 0 Å². The summed E-state index contributed by atoms with van der Waals surface area (Å²) in [5.74, 6) is -0.502. The molecule has 1 aromatic heterocycles. The Balaban J connectivity index is 1.66.